The number of carbonyl (C=O) groups is 1. The predicted octanol–water partition coefficient (Wildman–Crippen LogP) is 2.78. The van der Waals surface area contributed by atoms with Crippen molar-refractivity contribution < 1.29 is 27.4 Å². The number of benzene rings is 2. The largest absolute Gasteiger partial charge is 0.497 e. The minimum absolute atomic E-state index is 0.0311. The van der Waals surface area contributed by atoms with Gasteiger partial charge in [-0.25, -0.2) is 8.42 Å². The lowest BCUT2D eigenvalue weighted by molar-refractivity contribution is -0.123. The molecule has 0 spiro atoms. The fraction of sp³-hybridized carbons (Fsp3) is 0.409. The molecule has 1 heterocycles. The van der Waals surface area contributed by atoms with E-state index < -0.39 is 15.9 Å². The number of ether oxygens (including phenoxy) is 3. The van der Waals surface area contributed by atoms with E-state index in [9.17, 15) is 13.2 Å². The summed E-state index contributed by atoms with van der Waals surface area (Å²) in [7, 11) is 2.29. The van der Waals surface area contributed by atoms with E-state index in [2.05, 4.69) is 0 Å². The van der Waals surface area contributed by atoms with Crippen LogP contribution in [0.1, 0.15) is 12.8 Å². The average molecular weight is 449 g/mol. The second kappa shape index (κ2) is 9.57. The zero-order valence-corrected chi connectivity index (χ0v) is 19.0. The van der Waals surface area contributed by atoms with Gasteiger partial charge in [0.05, 0.1) is 27.2 Å². The molecular weight excluding hydrogens is 420 g/mol. The molecule has 1 aliphatic heterocycles. The van der Waals surface area contributed by atoms with Gasteiger partial charge in [0.1, 0.15) is 22.1 Å². The van der Waals surface area contributed by atoms with Crippen LogP contribution in [0.2, 0.25) is 0 Å². The lowest BCUT2D eigenvalue weighted by Crippen LogP contribution is -2.46. The van der Waals surface area contributed by atoms with Crippen molar-refractivity contribution >= 4 is 21.6 Å². The van der Waals surface area contributed by atoms with Gasteiger partial charge in [-0.1, -0.05) is 6.07 Å². The van der Waals surface area contributed by atoms with Crippen molar-refractivity contribution in [1.29, 1.82) is 0 Å². The van der Waals surface area contributed by atoms with E-state index in [1.54, 1.807) is 43.3 Å². The number of sulfonamides is 1. The smallest absolute Gasteiger partial charge is 0.246 e. The maximum Gasteiger partial charge on any atom is 0.246 e. The maximum absolute atomic E-state index is 13.4. The summed E-state index contributed by atoms with van der Waals surface area (Å²) in [5.41, 5.74) is 0.693. The summed E-state index contributed by atoms with van der Waals surface area (Å²) < 4.78 is 43.8. The first kappa shape index (κ1) is 22.9. The standard InChI is InChI=1S/C22H28N2O6S/c1-23(17-8-5-9-18(13-17)28-2)22(25)16-7-6-12-24(15-16)31(26,27)21-14-19(29-3)10-11-20(21)30-4/h5,8-11,13-14,16H,6-7,12,15H2,1-4H3. The van der Waals surface area contributed by atoms with Gasteiger partial charge >= 0.3 is 0 Å². The molecule has 2 aromatic rings. The second-order valence-corrected chi connectivity index (χ2v) is 9.22. The highest BCUT2D eigenvalue weighted by molar-refractivity contribution is 7.89. The Labute approximate surface area is 183 Å². The average Bonchev–Trinajstić information content (AvgIpc) is 2.82. The van der Waals surface area contributed by atoms with Gasteiger partial charge in [0.25, 0.3) is 0 Å². The first-order chi connectivity index (χ1) is 14.8. The molecule has 8 nitrogen and oxygen atoms in total. The molecule has 0 N–H and O–H groups in total. The number of carbonyl (C=O) groups excluding carboxylic acids is 1. The van der Waals surface area contributed by atoms with E-state index in [1.807, 2.05) is 12.1 Å². The monoisotopic (exact) mass is 448 g/mol. The highest BCUT2D eigenvalue weighted by Gasteiger charge is 2.36. The number of nitrogens with zero attached hydrogens (tertiary/aromatic N) is 2. The van der Waals surface area contributed by atoms with Crippen LogP contribution < -0.4 is 19.1 Å². The topological polar surface area (TPSA) is 85.4 Å². The minimum Gasteiger partial charge on any atom is -0.497 e. The van der Waals surface area contributed by atoms with E-state index >= 15 is 0 Å². The Morgan fingerprint density at radius 1 is 1.03 bits per heavy atom. The summed E-state index contributed by atoms with van der Waals surface area (Å²) in [6.07, 6.45) is 1.21. The van der Waals surface area contributed by atoms with Crippen LogP contribution in [0.3, 0.4) is 0 Å². The van der Waals surface area contributed by atoms with E-state index in [1.165, 1.54) is 24.6 Å². The molecular formula is C22H28N2O6S. The number of methoxy groups -OCH3 is 3. The molecule has 9 heteroatoms. The molecule has 1 atom stereocenters. The molecule has 31 heavy (non-hydrogen) atoms. The van der Waals surface area contributed by atoms with Crippen molar-refractivity contribution in [2.45, 2.75) is 17.7 Å². The fourth-order valence-corrected chi connectivity index (χ4v) is 5.40. The first-order valence-electron chi connectivity index (χ1n) is 9.95. The van der Waals surface area contributed by atoms with Crippen molar-refractivity contribution in [2.24, 2.45) is 5.92 Å². The van der Waals surface area contributed by atoms with Crippen LogP contribution >= 0.6 is 0 Å². The summed E-state index contributed by atoms with van der Waals surface area (Å²) in [6, 6.07) is 11.9. The van der Waals surface area contributed by atoms with Crippen LogP contribution in [0, 0.1) is 5.92 Å². The Morgan fingerprint density at radius 2 is 1.74 bits per heavy atom. The van der Waals surface area contributed by atoms with Crippen molar-refractivity contribution in [1.82, 2.24) is 4.31 Å². The van der Waals surface area contributed by atoms with Gasteiger partial charge in [-0.15, -0.1) is 0 Å². The Morgan fingerprint density at radius 3 is 2.42 bits per heavy atom. The van der Waals surface area contributed by atoms with Crippen LogP contribution in [0.25, 0.3) is 0 Å². The van der Waals surface area contributed by atoms with Gasteiger partial charge in [-0.05, 0) is 37.1 Å². The summed E-state index contributed by atoms with van der Waals surface area (Å²) >= 11 is 0. The van der Waals surface area contributed by atoms with Crippen molar-refractivity contribution in [2.75, 3.05) is 46.4 Å². The number of rotatable bonds is 7. The lowest BCUT2D eigenvalue weighted by Gasteiger charge is -2.33. The lowest BCUT2D eigenvalue weighted by atomic mass is 9.98. The van der Waals surface area contributed by atoms with Crippen LogP contribution in [-0.2, 0) is 14.8 Å². The molecule has 0 radical (unpaired) electrons. The summed E-state index contributed by atoms with van der Waals surface area (Å²) in [5.74, 6) is 0.724. The second-order valence-electron chi connectivity index (χ2n) is 7.32. The SMILES string of the molecule is COc1cccc(N(C)C(=O)C2CCCN(S(=O)(=O)c3cc(OC)ccc3OC)C2)c1. The van der Waals surface area contributed by atoms with E-state index in [0.717, 1.165) is 0 Å². The molecule has 1 amide bonds. The van der Waals surface area contributed by atoms with Gasteiger partial charge < -0.3 is 19.1 Å². The van der Waals surface area contributed by atoms with Gasteiger partial charge in [-0.2, -0.15) is 4.31 Å². The van der Waals surface area contributed by atoms with Crippen molar-refractivity contribution in [3.63, 3.8) is 0 Å². The zero-order chi connectivity index (χ0) is 22.6. The third kappa shape index (κ3) is 4.77. The zero-order valence-electron chi connectivity index (χ0n) is 18.2. The number of anilines is 1. The molecule has 0 aromatic heterocycles. The molecule has 2 aromatic carbocycles. The van der Waals surface area contributed by atoms with Crippen LogP contribution in [0.15, 0.2) is 47.4 Å². The van der Waals surface area contributed by atoms with Gasteiger partial charge in [0.15, 0.2) is 0 Å². The molecule has 0 aliphatic carbocycles. The Kier molecular flexibility index (Phi) is 7.07. The number of hydrogen-bond acceptors (Lipinski definition) is 6. The van der Waals surface area contributed by atoms with Gasteiger partial charge in [0.2, 0.25) is 15.9 Å². The summed E-state index contributed by atoms with van der Waals surface area (Å²) in [6.45, 7) is 0.450. The third-order valence-electron chi connectivity index (χ3n) is 5.49. The normalized spacial score (nSPS) is 17.1. The first-order valence-corrected chi connectivity index (χ1v) is 11.4. The Bertz CT molecular complexity index is 1040. The summed E-state index contributed by atoms with van der Waals surface area (Å²) in [5, 5.41) is 0. The predicted molar refractivity (Wildman–Crippen MR) is 117 cm³/mol. The van der Waals surface area contributed by atoms with Crippen LogP contribution in [0.5, 0.6) is 17.2 Å². The number of piperidine rings is 1. The highest BCUT2D eigenvalue weighted by Crippen LogP contribution is 2.33. The molecule has 1 fully saturated rings. The van der Waals surface area contributed by atoms with E-state index in [4.69, 9.17) is 14.2 Å². The quantitative estimate of drug-likeness (QED) is 0.648. The van der Waals surface area contributed by atoms with Gasteiger partial charge in [-0.3, -0.25) is 4.79 Å². The van der Waals surface area contributed by atoms with Gasteiger partial charge in [0, 0.05) is 38.0 Å². The number of amides is 1. The summed E-state index contributed by atoms with van der Waals surface area (Å²) in [4.78, 5) is 14.7. The van der Waals surface area contributed by atoms with Crippen LogP contribution in [-0.4, -0.2) is 60.1 Å². The highest BCUT2D eigenvalue weighted by atomic mass is 32.2. The third-order valence-corrected chi connectivity index (χ3v) is 7.38. The molecule has 168 valence electrons. The van der Waals surface area contributed by atoms with E-state index in [0.29, 0.717) is 36.6 Å². The maximum atomic E-state index is 13.4. The molecule has 0 bridgehead atoms. The Hall–Kier alpha value is -2.78. The molecule has 1 unspecified atom stereocenters. The molecule has 1 aliphatic rings. The number of hydrogen-bond donors (Lipinski definition) is 0. The van der Waals surface area contributed by atoms with Crippen LogP contribution in [0.4, 0.5) is 5.69 Å². The minimum atomic E-state index is -3.87. The van der Waals surface area contributed by atoms with Crippen molar-refractivity contribution in [3.8, 4) is 17.2 Å². The van der Waals surface area contributed by atoms with E-state index in [-0.39, 0.29) is 23.1 Å². The van der Waals surface area contributed by atoms with Crippen molar-refractivity contribution in [3.05, 3.63) is 42.5 Å². The molecule has 0 saturated carbocycles. The fourth-order valence-electron chi connectivity index (χ4n) is 3.71. The molecule has 1 saturated heterocycles. The Balaban J connectivity index is 1.83. The molecule has 3 rings (SSSR count).